The van der Waals surface area contributed by atoms with E-state index in [1.165, 1.54) is 24.0 Å². The lowest BCUT2D eigenvalue weighted by Gasteiger charge is -2.35. The van der Waals surface area contributed by atoms with E-state index in [9.17, 15) is 0 Å². The zero-order chi connectivity index (χ0) is 15.0. The fourth-order valence-corrected chi connectivity index (χ4v) is 2.43. The third-order valence-corrected chi connectivity index (χ3v) is 4.20. The van der Waals surface area contributed by atoms with E-state index in [1.807, 2.05) is 0 Å². The Hall–Kier alpha value is -0.860. The molecule has 1 rings (SSSR count). The summed E-state index contributed by atoms with van der Waals surface area (Å²) < 4.78 is 5.14. The molecule has 1 aromatic carbocycles. The molecule has 2 heteroatoms. The van der Waals surface area contributed by atoms with E-state index in [4.69, 9.17) is 4.74 Å². The first-order valence-corrected chi connectivity index (χ1v) is 7.86. The van der Waals surface area contributed by atoms with Crippen LogP contribution in [0.4, 0.5) is 0 Å². The Kier molecular flexibility index (Phi) is 7.25. The predicted octanol–water partition coefficient (Wildman–Crippen LogP) is 4.35. The molecular formula is C18H31NO. The van der Waals surface area contributed by atoms with Crippen molar-refractivity contribution in [3.8, 4) is 0 Å². The largest absolute Gasteiger partial charge is 0.384 e. The number of hydrogen-bond acceptors (Lipinski definition) is 2. The first-order chi connectivity index (χ1) is 9.55. The van der Waals surface area contributed by atoms with Gasteiger partial charge in [-0.1, -0.05) is 52.0 Å². The van der Waals surface area contributed by atoms with Gasteiger partial charge in [0.2, 0.25) is 0 Å². The molecule has 0 spiro atoms. The van der Waals surface area contributed by atoms with Crippen molar-refractivity contribution in [3.63, 3.8) is 0 Å². The van der Waals surface area contributed by atoms with Crippen molar-refractivity contribution in [2.45, 2.75) is 53.0 Å². The van der Waals surface area contributed by atoms with Crippen molar-refractivity contribution < 1.29 is 4.74 Å². The van der Waals surface area contributed by atoms with Crippen LogP contribution in [0.1, 0.15) is 57.7 Å². The molecule has 0 radical (unpaired) electrons. The highest BCUT2D eigenvalue weighted by Crippen LogP contribution is 2.36. The number of hydrogen-bond donors (Lipinski definition) is 1. The van der Waals surface area contributed by atoms with E-state index in [0.29, 0.717) is 6.04 Å². The first kappa shape index (κ1) is 17.2. The lowest BCUT2D eigenvalue weighted by atomic mass is 9.78. The zero-order valence-electron chi connectivity index (χ0n) is 13.8. The van der Waals surface area contributed by atoms with Gasteiger partial charge in [0.1, 0.15) is 0 Å². The third-order valence-electron chi connectivity index (χ3n) is 4.20. The summed E-state index contributed by atoms with van der Waals surface area (Å²) >= 11 is 0. The quantitative estimate of drug-likeness (QED) is 0.724. The smallest absolute Gasteiger partial charge is 0.0502 e. The summed E-state index contributed by atoms with van der Waals surface area (Å²) in [6, 6.07) is 9.44. The first-order valence-electron chi connectivity index (χ1n) is 7.86. The number of methoxy groups -OCH3 is 1. The summed E-state index contributed by atoms with van der Waals surface area (Å²) in [7, 11) is 1.75. The molecule has 0 heterocycles. The lowest BCUT2D eigenvalue weighted by molar-refractivity contribution is 0.202. The van der Waals surface area contributed by atoms with Gasteiger partial charge in [0.25, 0.3) is 0 Å². The van der Waals surface area contributed by atoms with Crippen molar-refractivity contribution in [2.24, 2.45) is 5.41 Å². The molecule has 0 saturated heterocycles. The minimum Gasteiger partial charge on any atom is -0.384 e. The molecule has 20 heavy (non-hydrogen) atoms. The van der Waals surface area contributed by atoms with Gasteiger partial charge in [-0.2, -0.15) is 0 Å². The molecule has 0 saturated carbocycles. The summed E-state index contributed by atoms with van der Waals surface area (Å²) in [6.07, 6.45) is 3.32. The van der Waals surface area contributed by atoms with Crippen LogP contribution in [0.2, 0.25) is 0 Å². The van der Waals surface area contributed by atoms with Crippen LogP contribution in [-0.2, 0) is 11.2 Å². The Balaban J connectivity index is 2.85. The fraction of sp³-hybridized carbons (Fsp3) is 0.667. The molecule has 1 unspecified atom stereocenters. The highest BCUT2D eigenvalue weighted by atomic mass is 16.5. The van der Waals surface area contributed by atoms with Crippen molar-refractivity contribution >= 4 is 0 Å². The van der Waals surface area contributed by atoms with Crippen LogP contribution in [0.5, 0.6) is 0 Å². The zero-order valence-corrected chi connectivity index (χ0v) is 13.8. The number of benzene rings is 1. The van der Waals surface area contributed by atoms with Crippen LogP contribution in [0, 0.1) is 5.41 Å². The second-order valence-corrected chi connectivity index (χ2v) is 6.21. The number of rotatable bonds is 9. The molecule has 0 aliphatic heterocycles. The Bertz CT molecular complexity index is 370. The summed E-state index contributed by atoms with van der Waals surface area (Å²) in [5.41, 5.74) is 3.01. The van der Waals surface area contributed by atoms with E-state index in [1.54, 1.807) is 7.11 Å². The molecule has 0 aliphatic rings. The topological polar surface area (TPSA) is 21.3 Å². The van der Waals surface area contributed by atoms with E-state index >= 15 is 0 Å². The van der Waals surface area contributed by atoms with Crippen LogP contribution in [0.15, 0.2) is 24.3 Å². The van der Waals surface area contributed by atoms with Gasteiger partial charge in [0.15, 0.2) is 0 Å². The van der Waals surface area contributed by atoms with Crippen LogP contribution in [-0.4, -0.2) is 20.3 Å². The number of ether oxygens (including phenoxy) is 1. The van der Waals surface area contributed by atoms with Gasteiger partial charge in [-0.25, -0.2) is 0 Å². The lowest BCUT2D eigenvalue weighted by Crippen LogP contribution is -2.34. The molecular weight excluding hydrogens is 246 g/mol. The van der Waals surface area contributed by atoms with Gasteiger partial charge in [-0.05, 0) is 42.3 Å². The molecule has 114 valence electrons. The predicted molar refractivity (Wildman–Crippen MR) is 87.1 cm³/mol. The molecule has 0 bridgehead atoms. The summed E-state index contributed by atoms with van der Waals surface area (Å²) in [5, 5.41) is 3.71. The standard InChI is InChI=1S/C18H31NO/c1-6-13-19-17(18(3,4)7-2)16-10-8-15(9-11-16)12-14-20-5/h8-11,17,19H,6-7,12-14H2,1-5H3. The maximum Gasteiger partial charge on any atom is 0.0502 e. The maximum atomic E-state index is 5.14. The van der Waals surface area contributed by atoms with Gasteiger partial charge in [0, 0.05) is 13.2 Å². The molecule has 0 fully saturated rings. The Morgan fingerprint density at radius 2 is 1.80 bits per heavy atom. The van der Waals surface area contributed by atoms with Gasteiger partial charge in [0.05, 0.1) is 6.61 Å². The van der Waals surface area contributed by atoms with Crippen molar-refractivity contribution in [1.29, 1.82) is 0 Å². The third kappa shape index (κ3) is 4.92. The van der Waals surface area contributed by atoms with Gasteiger partial charge in [-0.3, -0.25) is 0 Å². The molecule has 2 nitrogen and oxygen atoms in total. The Morgan fingerprint density at radius 1 is 1.15 bits per heavy atom. The van der Waals surface area contributed by atoms with Gasteiger partial charge < -0.3 is 10.1 Å². The van der Waals surface area contributed by atoms with Crippen LogP contribution in [0.3, 0.4) is 0 Å². The normalized spacial score (nSPS) is 13.4. The van der Waals surface area contributed by atoms with Crippen LogP contribution in [0.25, 0.3) is 0 Å². The molecule has 1 atom stereocenters. The molecule has 1 N–H and O–H groups in total. The highest BCUT2D eigenvalue weighted by Gasteiger charge is 2.28. The van der Waals surface area contributed by atoms with Crippen molar-refractivity contribution in [1.82, 2.24) is 5.32 Å². The molecule has 0 aromatic heterocycles. The summed E-state index contributed by atoms with van der Waals surface area (Å²) in [6.45, 7) is 11.0. The highest BCUT2D eigenvalue weighted by molar-refractivity contribution is 5.26. The molecule has 0 aliphatic carbocycles. The average molecular weight is 277 g/mol. The van der Waals surface area contributed by atoms with Gasteiger partial charge >= 0.3 is 0 Å². The van der Waals surface area contributed by atoms with E-state index in [0.717, 1.165) is 19.6 Å². The van der Waals surface area contributed by atoms with E-state index < -0.39 is 0 Å². The number of nitrogens with one attached hydrogen (secondary N) is 1. The van der Waals surface area contributed by atoms with Crippen LogP contribution >= 0.6 is 0 Å². The molecule has 0 amide bonds. The minimum absolute atomic E-state index is 0.267. The fourth-order valence-electron chi connectivity index (χ4n) is 2.43. The van der Waals surface area contributed by atoms with Crippen molar-refractivity contribution in [3.05, 3.63) is 35.4 Å². The molecule has 1 aromatic rings. The summed E-state index contributed by atoms with van der Waals surface area (Å²) in [5.74, 6) is 0. The SMILES string of the molecule is CCCNC(c1ccc(CCOC)cc1)C(C)(C)CC. The second-order valence-electron chi connectivity index (χ2n) is 6.21. The van der Waals surface area contributed by atoms with E-state index in [2.05, 4.69) is 57.3 Å². The summed E-state index contributed by atoms with van der Waals surface area (Å²) in [4.78, 5) is 0. The second kappa shape index (κ2) is 8.43. The van der Waals surface area contributed by atoms with Gasteiger partial charge in [-0.15, -0.1) is 0 Å². The van der Waals surface area contributed by atoms with Crippen LogP contribution < -0.4 is 5.32 Å². The minimum atomic E-state index is 0.267. The Morgan fingerprint density at radius 3 is 2.30 bits per heavy atom. The van der Waals surface area contributed by atoms with Crippen molar-refractivity contribution in [2.75, 3.05) is 20.3 Å². The van der Waals surface area contributed by atoms with E-state index in [-0.39, 0.29) is 5.41 Å². The average Bonchev–Trinajstić information content (AvgIpc) is 2.46. The monoisotopic (exact) mass is 277 g/mol. The maximum absolute atomic E-state index is 5.14. The Labute approximate surface area is 124 Å².